The van der Waals surface area contributed by atoms with E-state index in [2.05, 4.69) is 30.2 Å². The van der Waals surface area contributed by atoms with Crippen molar-refractivity contribution in [1.82, 2.24) is 29.5 Å². The number of nitrogens with zero attached hydrogens (tertiary/aromatic N) is 4. The molecule has 1 amide bonds. The van der Waals surface area contributed by atoms with E-state index in [1.165, 1.54) is 17.0 Å². The Hall–Kier alpha value is -3.82. The number of aryl methyl sites for hydroxylation is 1. The number of imidazole rings is 1. The zero-order valence-corrected chi connectivity index (χ0v) is 13.6. The Labute approximate surface area is 144 Å². The van der Waals surface area contributed by atoms with Crippen LogP contribution in [0.3, 0.4) is 0 Å². The summed E-state index contributed by atoms with van der Waals surface area (Å²) in [5.41, 5.74) is -0.153. The van der Waals surface area contributed by atoms with E-state index in [4.69, 9.17) is 0 Å². The number of amides is 1. The fourth-order valence-electron chi connectivity index (χ4n) is 2.74. The maximum Gasteiger partial charge on any atom is 0.278 e. The molecule has 0 radical (unpaired) electrons. The van der Waals surface area contributed by atoms with Gasteiger partial charge in [-0.15, -0.1) is 0 Å². The Bertz CT molecular complexity index is 1270. The Morgan fingerprint density at radius 3 is 2.96 bits per heavy atom. The highest BCUT2D eigenvalue weighted by atomic mass is 16.2. The molecule has 130 valence electrons. The second-order valence-electron chi connectivity index (χ2n) is 5.49. The lowest BCUT2D eigenvalue weighted by molar-refractivity contribution is 0.102. The van der Waals surface area contributed by atoms with Gasteiger partial charge >= 0.3 is 0 Å². The van der Waals surface area contributed by atoms with Gasteiger partial charge in [-0.3, -0.25) is 29.3 Å². The summed E-state index contributed by atoms with van der Waals surface area (Å²) >= 11 is 0. The van der Waals surface area contributed by atoms with Crippen molar-refractivity contribution in [2.75, 3.05) is 5.32 Å². The highest BCUT2D eigenvalue weighted by molar-refractivity contribution is 6.04. The summed E-state index contributed by atoms with van der Waals surface area (Å²) in [6.07, 6.45) is 2.91. The SMILES string of the molecule is CCn1c(=O)c(C(=O)Nc2nc3nc[nH]c3c(=O)[nH]2)cc2cccnc21. The molecule has 10 heteroatoms. The molecule has 0 fully saturated rings. The van der Waals surface area contributed by atoms with E-state index >= 15 is 0 Å². The highest BCUT2D eigenvalue weighted by Gasteiger charge is 2.17. The number of aromatic nitrogens is 6. The van der Waals surface area contributed by atoms with Crippen molar-refractivity contribution < 1.29 is 4.79 Å². The molecule has 0 saturated heterocycles. The lowest BCUT2D eigenvalue weighted by Crippen LogP contribution is -2.30. The number of hydrogen-bond donors (Lipinski definition) is 3. The molecule has 4 aromatic rings. The van der Waals surface area contributed by atoms with Gasteiger partial charge in [-0.05, 0) is 25.1 Å². The van der Waals surface area contributed by atoms with Crippen molar-refractivity contribution in [2.45, 2.75) is 13.5 Å². The van der Waals surface area contributed by atoms with Crippen molar-refractivity contribution in [2.24, 2.45) is 0 Å². The van der Waals surface area contributed by atoms with E-state index in [0.29, 0.717) is 17.6 Å². The van der Waals surface area contributed by atoms with Crippen LogP contribution in [0.25, 0.3) is 22.2 Å². The van der Waals surface area contributed by atoms with Gasteiger partial charge in [-0.25, -0.2) is 9.97 Å². The van der Waals surface area contributed by atoms with Crippen LogP contribution < -0.4 is 16.4 Å². The number of rotatable bonds is 3. The van der Waals surface area contributed by atoms with Gasteiger partial charge in [0.2, 0.25) is 5.95 Å². The van der Waals surface area contributed by atoms with Gasteiger partial charge in [-0.1, -0.05) is 0 Å². The van der Waals surface area contributed by atoms with Crippen molar-refractivity contribution >= 4 is 34.1 Å². The first-order chi connectivity index (χ1) is 12.6. The van der Waals surface area contributed by atoms with Gasteiger partial charge in [0.05, 0.1) is 6.33 Å². The average Bonchev–Trinajstić information content (AvgIpc) is 3.10. The summed E-state index contributed by atoms with van der Waals surface area (Å²) in [5.74, 6) is -0.769. The largest absolute Gasteiger partial charge is 0.339 e. The van der Waals surface area contributed by atoms with Crippen LogP contribution in [0.1, 0.15) is 17.3 Å². The van der Waals surface area contributed by atoms with E-state index in [9.17, 15) is 14.4 Å². The fourth-order valence-corrected chi connectivity index (χ4v) is 2.74. The minimum atomic E-state index is -0.680. The standard InChI is InChI=1S/C16H13N7O3/c1-2-23-12-8(4-3-5-17-12)6-9(15(23)26)13(24)21-16-20-11-10(14(25)22-16)18-7-19-11/h3-7H,2H2,1H3,(H3,18,19,20,21,22,24,25). The Kier molecular flexibility index (Phi) is 3.57. The van der Waals surface area contributed by atoms with Crippen LogP contribution >= 0.6 is 0 Å². The number of carbonyl (C=O) groups is 1. The quantitative estimate of drug-likeness (QED) is 0.495. The van der Waals surface area contributed by atoms with Gasteiger partial charge in [0, 0.05) is 18.1 Å². The Balaban J connectivity index is 1.79. The zero-order chi connectivity index (χ0) is 18.3. The number of carbonyl (C=O) groups excluding carboxylic acids is 1. The van der Waals surface area contributed by atoms with Crippen LogP contribution in [-0.4, -0.2) is 35.4 Å². The lowest BCUT2D eigenvalue weighted by atomic mass is 10.2. The molecule has 0 aliphatic rings. The third kappa shape index (κ3) is 2.44. The molecule has 0 atom stereocenters. The topological polar surface area (TPSA) is 138 Å². The number of nitrogens with one attached hydrogen (secondary N) is 3. The van der Waals surface area contributed by atoms with Gasteiger partial charge in [-0.2, -0.15) is 4.98 Å². The monoisotopic (exact) mass is 351 g/mol. The molecule has 4 heterocycles. The smallest absolute Gasteiger partial charge is 0.278 e. The van der Waals surface area contributed by atoms with Crippen LogP contribution in [0.4, 0.5) is 5.95 Å². The number of H-pyrrole nitrogens is 2. The third-order valence-electron chi connectivity index (χ3n) is 3.94. The second-order valence-corrected chi connectivity index (χ2v) is 5.49. The summed E-state index contributed by atoms with van der Waals surface area (Å²) in [7, 11) is 0. The molecule has 0 aromatic carbocycles. The Morgan fingerprint density at radius 2 is 2.15 bits per heavy atom. The van der Waals surface area contributed by atoms with E-state index in [-0.39, 0.29) is 22.7 Å². The van der Waals surface area contributed by atoms with Gasteiger partial charge < -0.3 is 4.98 Å². The van der Waals surface area contributed by atoms with Gasteiger partial charge in [0.1, 0.15) is 11.2 Å². The summed E-state index contributed by atoms with van der Waals surface area (Å²) in [4.78, 5) is 54.4. The molecule has 0 saturated carbocycles. The van der Waals surface area contributed by atoms with Gasteiger partial charge in [0.15, 0.2) is 11.2 Å². The molecule has 26 heavy (non-hydrogen) atoms. The molecule has 0 spiro atoms. The number of pyridine rings is 2. The molecule has 3 N–H and O–H groups in total. The highest BCUT2D eigenvalue weighted by Crippen LogP contribution is 2.12. The van der Waals surface area contributed by atoms with Crippen molar-refractivity contribution in [3.8, 4) is 0 Å². The third-order valence-corrected chi connectivity index (χ3v) is 3.94. The maximum atomic E-state index is 12.6. The summed E-state index contributed by atoms with van der Waals surface area (Å²) < 4.78 is 1.41. The maximum absolute atomic E-state index is 12.6. The minimum Gasteiger partial charge on any atom is -0.339 e. The van der Waals surface area contributed by atoms with Crippen molar-refractivity contribution in [3.63, 3.8) is 0 Å². The first-order valence-electron chi connectivity index (χ1n) is 7.82. The van der Waals surface area contributed by atoms with Crippen molar-refractivity contribution in [3.05, 3.63) is 57.0 Å². The molecule has 10 nitrogen and oxygen atoms in total. The zero-order valence-electron chi connectivity index (χ0n) is 13.6. The molecule has 0 aliphatic carbocycles. The molecular weight excluding hydrogens is 338 g/mol. The number of anilines is 1. The van der Waals surface area contributed by atoms with E-state index in [1.807, 2.05) is 0 Å². The van der Waals surface area contributed by atoms with E-state index in [0.717, 1.165) is 0 Å². The predicted molar refractivity (Wildman–Crippen MR) is 94.1 cm³/mol. The van der Waals surface area contributed by atoms with Crippen LogP contribution in [0.2, 0.25) is 0 Å². The minimum absolute atomic E-state index is 0.0721. The van der Waals surface area contributed by atoms with Gasteiger partial charge in [0.25, 0.3) is 17.0 Å². The summed E-state index contributed by atoms with van der Waals surface area (Å²) in [6, 6.07) is 4.96. The molecular formula is C16H13N7O3. The van der Waals surface area contributed by atoms with Crippen LogP contribution in [0.5, 0.6) is 0 Å². The first kappa shape index (κ1) is 15.7. The average molecular weight is 351 g/mol. The van der Waals surface area contributed by atoms with Crippen LogP contribution in [0, 0.1) is 0 Å². The molecule has 0 aliphatic heterocycles. The Morgan fingerprint density at radius 1 is 1.31 bits per heavy atom. The molecule has 0 unspecified atom stereocenters. The number of fused-ring (bicyclic) bond motifs is 2. The van der Waals surface area contributed by atoms with Crippen LogP contribution in [0.15, 0.2) is 40.3 Å². The van der Waals surface area contributed by atoms with Crippen molar-refractivity contribution in [1.29, 1.82) is 0 Å². The molecule has 4 aromatic heterocycles. The molecule has 4 rings (SSSR count). The van der Waals surface area contributed by atoms with Crippen LogP contribution in [-0.2, 0) is 6.54 Å². The summed E-state index contributed by atoms with van der Waals surface area (Å²) in [6.45, 7) is 2.16. The van der Waals surface area contributed by atoms with E-state index < -0.39 is 17.0 Å². The number of aromatic amines is 2. The summed E-state index contributed by atoms with van der Waals surface area (Å²) in [5, 5.41) is 3.10. The molecule has 0 bridgehead atoms. The van der Waals surface area contributed by atoms with E-state index in [1.54, 1.807) is 25.3 Å². The first-order valence-corrected chi connectivity index (χ1v) is 7.82. The predicted octanol–water partition coefficient (Wildman–Crippen LogP) is 0.628. The normalized spacial score (nSPS) is 11.1. The second kappa shape index (κ2) is 5.92. The number of hydrogen-bond acceptors (Lipinski definition) is 6. The lowest BCUT2D eigenvalue weighted by Gasteiger charge is -2.10. The fraction of sp³-hybridized carbons (Fsp3) is 0.125.